The van der Waals surface area contributed by atoms with Crippen molar-refractivity contribution in [3.05, 3.63) is 59.7 Å². The third-order valence-electron chi connectivity index (χ3n) is 4.06. The molecule has 0 N–H and O–H groups in total. The van der Waals surface area contributed by atoms with Crippen LogP contribution in [0.2, 0.25) is 0 Å². The normalized spacial score (nSPS) is 13.2. The Morgan fingerprint density at radius 3 is 1.68 bits per heavy atom. The van der Waals surface area contributed by atoms with Gasteiger partial charge in [0.2, 0.25) is 0 Å². The highest BCUT2D eigenvalue weighted by Crippen LogP contribution is 2.35. The maximum absolute atomic E-state index is 11.7. The second kappa shape index (κ2) is 7.64. The molecule has 0 saturated carbocycles. The average Bonchev–Trinajstić information content (AvgIpc) is 2.60. The molecule has 0 amide bonds. The van der Waals surface area contributed by atoms with Gasteiger partial charge in [-0.15, -0.1) is 0 Å². The van der Waals surface area contributed by atoms with Crippen LogP contribution < -0.4 is 9.47 Å². The van der Waals surface area contributed by atoms with Gasteiger partial charge in [-0.05, 0) is 47.7 Å². The standard InChI is InChI=1S/C19H22O3/c1-4-18(14-5-9-16(21-2)10-6-14)19(13-20)15-7-11-17(22-3)12-8-15/h5-13,18-19H,4H2,1-3H3/t18-,19+/m0/s1. The Bertz CT molecular complexity index is 587. The molecule has 0 radical (unpaired) electrons. The maximum atomic E-state index is 11.7. The van der Waals surface area contributed by atoms with Gasteiger partial charge in [-0.25, -0.2) is 0 Å². The summed E-state index contributed by atoms with van der Waals surface area (Å²) in [6.45, 7) is 2.11. The molecule has 2 rings (SSSR count). The van der Waals surface area contributed by atoms with Crippen molar-refractivity contribution in [2.75, 3.05) is 14.2 Å². The van der Waals surface area contributed by atoms with Crippen LogP contribution in [0.25, 0.3) is 0 Å². The van der Waals surface area contributed by atoms with Crippen LogP contribution in [0.1, 0.15) is 36.3 Å². The zero-order valence-corrected chi connectivity index (χ0v) is 13.3. The first-order valence-corrected chi connectivity index (χ1v) is 7.46. The minimum absolute atomic E-state index is 0.150. The lowest BCUT2D eigenvalue weighted by Gasteiger charge is -2.23. The number of carbonyl (C=O) groups is 1. The van der Waals surface area contributed by atoms with E-state index < -0.39 is 0 Å². The highest BCUT2D eigenvalue weighted by molar-refractivity contribution is 5.64. The summed E-state index contributed by atoms with van der Waals surface area (Å²) in [6.07, 6.45) is 1.93. The number of hydrogen-bond donors (Lipinski definition) is 0. The topological polar surface area (TPSA) is 35.5 Å². The Morgan fingerprint density at radius 1 is 0.864 bits per heavy atom. The molecule has 0 aliphatic heterocycles. The van der Waals surface area contributed by atoms with Gasteiger partial charge in [0.25, 0.3) is 0 Å². The van der Waals surface area contributed by atoms with Crippen molar-refractivity contribution < 1.29 is 14.3 Å². The summed E-state index contributed by atoms with van der Waals surface area (Å²) >= 11 is 0. The molecule has 3 nitrogen and oxygen atoms in total. The van der Waals surface area contributed by atoms with Crippen LogP contribution in [0.5, 0.6) is 11.5 Å². The lowest BCUT2D eigenvalue weighted by molar-refractivity contribution is -0.109. The first kappa shape index (κ1) is 16.1. The van der Waals surface area contributed by atoms with Crippen molar-refractivity contribution >= 4 is 6.29 Å². The van der Waals surface area contributed by atoms with Gasteiger partial charge < -0.3 is 14.3 Å². The predicted molar refractivity (Wildman–Crippen MR) is 87.8 cm³/mol. The molecule has 0 heterocycles. The third-order valence-corrected chi connectivity index (χ3v) is 4.06. The highest BCUT2D eigenvalue weighted by Gasteiger charge is 2.23. The number of aldehydes is 1. The summed E-state index contributed by atoms with van der Waals surface area (Å²) in [5.74, 6) is 1.61. The minimum atomic E-state index is -0.163. The molecule has 3 heteroatoms. The largest absolute Gasteiger partial charge is 0.497 e. The summed E-state index contributed by atoms with van der Waals surface area (Å²) < 4.78 is 10.4. The van der Waals surface area contributed by atoms with Gasteiger partial charge in [-0.1, -0.05) is 31.2 Å². The number of hydrogen-bond acceptors (Lipinski definition) is 3. The zero-order valence-electron chi connectivity index (χ0n) is 13.3. The van der Waals surface area contributed by atoms with Crippen LogP contribution in [-0.4, -0.2) is 20.5 Å². The molecule has 0 fully saturated rings. The van der Waals surface area contributed by atoms with E-state index in [1.807, 2.05) is 48.5 Å². The van der Waals surface area contributed by atoms with Crippen molar-refractivity contribution in [3.8, 4) is 11.5 Å². The average molecular weight is 298 g/mol. The van der Waals surface area contributed by atoms with E-state index in [1.54, 1.807) is 14.2 Å². The fraction of sp³-hybridized carbons (Fsp3) is 0.316. The molecule has 2 atom stereocenters. The SMILES string of the molecule is CC[C@@H](c1ccc(OC)cc1)[C@H](C=O)c1ccc(OC)cc1. The van der Waals surface area contributed by atoms with Crippen LogP contribution in [0, 0.1) is 0 Å². The number of methoxy groups -OCH3 is 2. The molecule has 2 aromatic rings. The smallest absolute Gasteiger partial charge is 0.128 e. The fourth-order valence-electron chi connectivity index (χ4n) is 2.78. The van der Waals surface area contributed by atoms with Gasteiger partial charge in [0.05, 0.1) is 14.2 Å². The lowest BCUT2D eigenvalue weighted by Crippen LogP contribution is -2.12. The van der Waals surface area contributed by atoms with Crippen LogP contribution in [-0.2, 0) is 4.79 Å². The molecule has 0 aromatic heterocycles. The quantitative estimate of drug-likeness (QED) is 0.719. The second-order valence-electron chi connectivity index (χ2n) is 5.22. The van der Waals surface area contributed by atoms with Crippen LogP contribution in [0.4, 0.5) is 0 Å². The summed E-state index contributed by atoms with van der Waals surface area (Å²) in [7, 11) is 3.29. The van der Waals surface area contributed by atoms with Crippen LogP contribution in [0.3, 0.4) is 0 Å². The van der Waals surface area contributed by atoms with Crippen LogP contribution >= 0.6 is 0 Å². The summed E-state index contributed by atoms with van der Waals surface area (Å²) in [6, 6.07) is 15.7. The molecule has 0 saturated heterocycles. The van der Waals surface area contributed by atoms with Gasteiger partial charge in [0, 0.05) is 5.92 Å². The van der Waals surface area contributed by atoms with Crippen molar-refractivity contribution in [2.24, 2.45) is 0 Å². The Labute approximate surface area is 131 Å². The van der Waals surface area contributed by atoms with Crippen molar-refractivity contribution in [3.63, 3.8) is 0 Å². The van der Waals surface area contributed by atoms with E-state index in [9.17, 15) is 4.79 Å². The lowest BCUT2D eigenvalue weighted by atomic mass is 9.80. The highest BCUT2D eigenvalue weighted by atomic mass is 16.5. The monoisotopic (exact) mass is 298 g/mol. The maximum Gasteiger partial charge on any atom is 0.128 e. The molecule has 0 unspecified atom stereocenters. The minimum Gasteiger partial charge on any atom is -0.497 e. The van der Waals surface area contributed by atoms with E-state index in [1.165, 1.54) is 0 Å². The Kier molecular flexibility index (Phi) is 5.59. The van der Waals surface area contributed by atoms with Crippen LogP contribution in [0.15, 0.2) is 48.5 Å². The molecule has 0 bridgehead atoms. The molecule has 0 aliphatic rings. The van der Waals surface area contributed by atoms with Gasteiger partial charge in [-0.2, -0.15) is 0 Å². The second-order valence-corrected chi connectivity index (χ2v) is 5.22. The van der Waals surface area contributed by atoms with Crippen molar-refractivity contribution in [1.82, 2.24) is 0 Å². The van der Waals surface area contributed by atoms with Gasteiger partial charge in [-0.3, -0.25) is 0 Å². The zero-order chi connectivity index (χ0) is 15.9. The van der Waals surface area contributed by atoms with E-state index >= 15 is 0 Å². The fourth-order valence-corrected chi connectivity index (χ4v) is 2.78. The van der Waals surface area contributed by atoms with Gasteiger partial charge in [0.1, 0.15) is 17.8 Å². The van der Waals surface area contributed by atoms with E-state index in [0.29, 0.717) is 0 Å². The van der Waals surface area contributed by atoms with E-state index in [0.717, 1.165) is 35.3 Å². The van der Waals surface area contributed by atoms with E-state index in [4.69, 9.17) is 9.47 Å². The number of benzene rings is 2. The summed E-state index contributed by atoms with van der Waals surface area (Å²) in [4.78, 5) is 11.7. The Morgan fingerprint density at radius 2 is 1.32 bits per heavy atom. The van der Waals surface area contributed by atoms with Gasteiger partial charge in [0.15, 0.2) is 0 Å². The molecule has 2 aromatic carbocycles. The van der Waals surface area contributed by atoms with E-state index in [-0.39, 0.29) is 11.8 Å². The molecular weight excluding hydrogens is 276 g/mol. The summed E-state index contributed by atoms with van der Waals surface area (Å²) in [5.41, 5.74) is 2.16. The first-order chi connectivity index (χ1) is 10.7. The molecule has 0 spiro atoms. The van der Waals surface area contributed by atoms with Crippen molar-refractivity contribution in [1.29, 1.82) is 0 Å². The molecule has 116 valence electrons. The Hall–Kier alpha value is -2.29. The first-order valence-electron chi connectivity index (χ1n) is 7.46. The van der Waals surface area contributed by atoms with E-state index in [2.05, 4.69) is 6.92 Å². The molecule has 0 aliphatic carbocycles. The third kappa shape index (κ3) is 3.48. The molecular formula is C19H22O3. The number of carbonyl (C=O) groups excluding carboxylic acids is 1. The predicted octanol–water partition coefficient (Wildman–Crippen LogP) is 4.18. The van der Waals surface area contributed by atoms with Crippen molar-refractivity contribution in [2.45, 2.75) is 25.2 Å². The molecule has 22 heavy (non-hydrogen) atoms. The number of rotatable bonds is 7. The Balaban J connectivity index is 2.30. The number of ether oxygens (including phenoxy) is 2. The van der Waals surface area contributed by atoms with Gasteiger partial charge >= 0.3 is 0 Å². The summed E-state index contributed by atoms with van der Waals surface area (Å²) in [5, 5.41) is 0.